The number of piperazine rings is 1. The van der Waals surface area contributed by atoms with E-state index in [2.05, 4.69) is 68.0 Å². The highest BCUT2D eigenvalue weighted by Crippen LogP contribution is 2.23. The molecule has 29 heavy (non-hydrogen) atoms. The van der Waals surface area contributed by atoms with E-state index >= 15 is 0 Å². The molecule has 0 amide bonds. The Bertz CT molecular complexity index is 632. The van der Waals surface area contributed by atoms with Gasteiger partial charge in [0, 0.05) is 50.9 Å². The van der Waals surface area contributed by atoms with Crippen molar-refractivity contribution in [3.63, 3.8) is 0 Å². The first-order valence-corrected chi connectivity index (χ1v) is 11.1. The first-order valence-electron chi connectivity index (χ1n) is 11.1. The SMILES string of the molecule is CCNC(=NCc1ccccc1OC(C)(C)C)NCC(C)N1CCN(CC)CC1. The Labute approximate surface area is 177 Å². The fraction of sp³-hybridized carbons (Fsp3) is 0.696. The second kappa shape index (κ2) is 11.4. The molecule has 1 unspecified atom stereocenters. The molecule has 0 aliphatic carbocycles. The number of nitrogens with one attached hydrogen (secondary N) is 2. The third-order valence-corrected chi connectivity index (χ3v) is 5.18. The molecule has 6 heteroatoms. The molecule has 1 aromatic carbocycles. The number of likely N-dealkylation sites (N-methyl/N-ethyl adjacent to an activating group) is 1. The minimum Gasteiger partial charge on any atom is -0.488 e. The topological polar surface area (TPSA) is 52.1 Å². The maximum atomic E-state index is 6.10. The first kappa shape index (κ1) is 23.5. The lowest BCUT2D eigenvalue weighted by Crippen LogP contribution is -2.53. The third-order valence-electron chi connectivity index (χ3n) is 5.18. The highest BCUT2D eigenvalue weighted by atomic mass is 16.5. The number of benzene rings is 1. The summed E-state index contributed by atoms with van der Waals surface area (Å²) in [6.45, 7) is 20.9. The van der Waals surface area contributed by atoms with Crippen molar-refractivity contribution in [3.05, 3.63) is 29.8 Å². The van der Waals surface area contributed by atoms with Crippen LogP contribution < -0.4 is 15.4 Å². The van der Waals surface area contributed by atoms with Crippen molar-refractivity contribution in [3.8, 4) is 5.75 Å². The molecule has 2 N–H and O–H groups in total. The molecule has 1 aliphatic heterocycles. The molecule has 1 saturated heterocycles. The van der Waals surface area contributed by atoms with E-state index in [4.69, 9.17) is 9.73 Å². The standard InChI is InChI=1S/C23H41N5O/c1-7-24-22(25-17-19(3)28-15-13-27(8-2)14-16-28)26-18-20-11-9-10-12-21(20)29-23(4,5)6/h9-12,19H,7-8,13-18H2,1-6H3,(H2,24,25,26). The Morgan fingerprint density at radius 1 is 1.10 bits per heavy atom. The van der Waals surface area contributed by atoms with E-state index in [9.17, 15) is 0 Å². The highest BCUT2D eigenvalue weighted by molar-refractivity contribution is 5.79. The number of rotatable bonds is 8. The molecule has 0 spiro atoms. The summed E-state index contributed by atoms with van der Waals surface area (Å²) in [6, 6.07) is 8.64. The van der Waals surface area contributed by atoms with Crippen LogP contribution in [0.1, 0.15) is 47.1 Å². The molecule has 0 aromatic heterocycles. The van der Waals surface area contributed by atoms with Crippen LogP contribution in [0.5, 0.6) is 5.75 Å². The van der Waals surface area contributed by atoms with Crippen molar-refractivity contribution in [1.29, 1.82) is 0 Å². The lowest BCUT2D eigenvalue weighted by atomic mass is 10.1. The summed E-state index contributed by atoms with van der Waals surface area (Å²) < 4.78 is 6.10. The zero-order chi connectivity index (χ0) is 21.3. The van der Waals surface area contributed by atoms with Gasteiger partial charge in [0.15, 0.2) is 5.96 Å². The van der Waals surface area contributed by atoms with Crippen LogP contribution in [0.3, 0.4) is 0 Å². The van der Waals surface area contributed by atoms with Crippen molar-refractivity contribution in [1.82, 2.24) is 20.4 Å². The average molecular weight is 404 g/mol. The second-order valence-electron chi connectivity index (χ2n) is 8.72. The summed E-state index contributed by atoms with van der Waals surface area (Å²) in [5, 5.41) is 6.89. The van der Waals surface area contributed by atoms with E-state index in [-0.39, 0.29) is 5.60 Å². The summed E-state index contributed by atoms with van der Waals surface area (Å²) in [5.41, 5.74) is 0.878. The monoisotopic (exact) mass is 403 g/mol. The van der Waals surface area contributed by atoms with Crippen molar-refractivity contribution in [2.24, 2.45) is 4.99 Å². The zero-order valence-corrected chi connectivity index (χ0v) is 19.3. The van der Waals surface area contributed by atoms with Crippen LogP contribution in [-0.4, -0.2) is 73.2 Å². The van der Waals surface area contributed by atoms with Crippen molar-refractivity contribution < 1.29 is 4.74 Å². The highest BCUT2D eigenvalue weighted by Gasteiger charge is 2.20. The number of guanidine groups is 1. The molecule has 0 saturated carbocycles. The van der Waals surface area contributed by atoms with Gasteiger partial charge in [0.25, 0.3) is 0 Å². The Morgan fingerprint density at radius 3 is 2.41 bits per heavy atom. The van der Waals surface area contributed by atoms with E-state index < -0.39 is 0 Å². The number of hydrogen-bond acceptors (Lipinski definition) is 4. The summed E-state index contributed by atoms with van der Waals surface area (Å²) >= 11 is 0. The third kappa shape index (κ3) is 8.23. The number of para-hydroxylation sites is 1. The van der Waals surface area contributed by atoms with Crippen LogP contribution in [0, 0.1) is 0 Å². The lowest BCUT2D eigenvalue weighted by molar-refractivity contribution is 0.107. The van der Waals surface area contributed by atoms with Gasteiger partial charge < -0.3 is 20.3 Å². The van der Waals surface area contributed by atoms with Crippen LogP contribution in [0.2, 0.25) is 0 Å². The van der Waals surface area contributed by atoms with Gasteiger partial charge in [-0.25, -0.2) is 4.99 Å². The fourth-order valence-electron chi connectivity index (χ4n) is 3.46. The summed E-state index contributed by atoms with van der Waals surface area (Å²) in [6.07, 6.45) is 0. The Kier molecular flexibility index (Phi) is 9.24. The molecule has 164 valence electrons. The quantitative estimate of drug-likeness (QED) is 0.516. The van der Waals surface area contributed by atoms with E-state index in [0.717, 1.165) is 50.0 Å². The van der Waals surface area contributed by atoms with Crippen LogP contribution in [0.25, 0.3) is 0 Å². The summed E-state index contributed by atoms with van der Waals surface area (Å²) in [7, 11) is 0. The van der Waals surface area contributed by atoms with E-state index in [1.54, 1.807) is 0 Å². The molecule has 1 aliphatic rings. The summed E-state index contributed by atoms with van der Waals surface area (Å²) in [4.78, 5) is 9.88. The molecule has 2 rings (SSSR count). The van der Waals surface area contributed by atoms with Crippen LogP contribution in [0.4, 0.5) is 0 Å². The smallest absolute Gasteiger partial charge is 0.191 e. The molecular weight excluding hydrogens is 362 g/mol. The maximum absolute atomic E-state index is 6.10. The molecule has 0 bridgehead atoms. The van der Waals surface area contributed by atoms with Gasteiger partial charge in [0.05, 0.1) is 6.54 Å². The minimum atomic E-state index is -0.222. The Hall–Kier alpha value is -1.79. The number of ether oxygens (including phenoxy) is 1. The fourth-order valence-corrected chi connectivity index (χ4v) is 3.46. The van der Waals surface area contributed by atoms with Crippen molar-refractivity contribution >= 4 is 5.96 Å². The predicted octanol–water partition coefficient (Wildman–Crippen LogP) is 2.95. The van der Waals surface area contributed by atoms with Crippen LogP contribution in [-0.2, 0) is 6.54 Å². The molecule has 1 fully saturated rings. The van der Waals surface area contributed by atoms with Crippen molar-refractivity contribution in [2.75, 3.05) is 45.8 Å². The van der Waals surface area contributed by atoms with Gasteiger partial charge in [-0.05, 0) is 47.2 Å². The average Bonchev–Trinajstić information content (AvgIpc) is 2.69. The minimum absolute atomic E-state index is 0.222. The molecule has 0 radical (unpaired) electrons. The van der Waals surface area contributed by atoms with Gasteiger partial charge in [0.1, 0.15) is 11.4 Å². The molecule has 1 aromatic rings. The van der Waals surface area contributed by atoms with Crippen molar-refractivity contribution in [2.45, 2.75) is 59.7 Å². The van der Waals surface area contributed by atoms with Crippen LogP contribution >= 0.6 is 0 Å². The Morgan fingerprint density at radius 2 is 1.79 bits per heavy atom. The number of hydrogen-bond donors (Lipinski definition) is 2. The van der Waals surface area contributed by atoms with E-state index in [1.165, 1.54) is 13.1 Å². The number of aliphatic imine (C=N–C) groups is 1. The van der Waals surface area contributed by atoms with Crippen LogP contribution in [0.15, 0.2) is 29.3 Å². The van der Waals surface area contributed by atoms with Gasteiger partial charge in [-0.1, -0.05) is 25.1 Å². The molecule has 6 nitrogen and oxygen atoms in total. The normalized spacial score (nSPS) is 17.8. The van der Waals surface area contributed by atoms with Gasteiger partial charge in [-0.2, -0.15) is 0 Å². The van der Waals surface area contributed by atoms with Gasteiger partial charge in [-0.3, -0.25) is 4.90 Å². The Balaban J connectivity index is 1.93. The van der Waals surface area contributed by atoms with E-state index in [1.807, 2.05) is 18.2 Å². The lowest BCUT2D eigenvalue weighted by Gasteiger charge is -2.37. The molecule has 1 atom stereocenters. The molecule has 1 heterocycles. The number of nitrogens with zero attached hydrogens (tertiary/aromatic N) is 3. The molecular formula is C23H41N5O. The van der Waals surface area contributed by atoms with E-state index in [0.29, 0.717) is 12.6 Å². The predicted molar refractivity (Wildman–Crippen MR) is 123 cm³/mol. The van der Waals surface area contributed by atoms with Gasteiger partial charge >= 0.3 is 0 Å². The first-order chi connectivity index (χ1) is 13.8. The summed E-state index contributed by atoms with van der Waals surface area (Å²) in [5.74, 6) is 1.76. The zero-order valence-electron chi connectivity index (χ0n) is 19.3. The second-order valence-corrected chi connectivity index (χ2v) is 8.72. The van der Waals surface area contributed by atoms with Gasteiger partial charge in [-0.15, -0.1) is 0 Å². The largest absolute Gasteiger partial charge is 0.488 e. The van der Waals surface area contributed by atoms with Gasteiger partial charge in [0.2, 0.25) is 0 Å². The maximum Gasteiger partial charge on any atom is 0.191 e.